The number of hydrogen-bond acceptors (Lipinski definition) is 5. The first-order chi connectivity index (χ1) is 17.5. The molecule has 1 spiro atoms. The normalized spacial score (nSPS) is 19.6. The Morgan fingerprint density at radius 1 is 1.00 bits per heavy atom. The van der Waals surface area contributed by atoms with Crippen molar-refractivity contribution >= 4 is 23.6 Å². The predicted octanol–water partition coefficient (Wildman–Crippen LogP) is 3.32. The van der Waals surface area contributed by atoms with E-state index in [-0.39, 0.29) is 18.4 Å². The molecule has 2 amide bonds. The fourth-order valence-electron chi connectivity index (χ4n) is 5.16. The molecule has 2 aliphatic heterocycles. The predicted molar refractivity (Wildman–Crippen MR) is 138 cm³/mol. The van der Waals surface area contributed by atoms with Crippen molar-refractivity contribution in [1.29, 1.82) is 0 Å². The van der Waals surface area contributed by atoms with Gasteiger partial charge in [-0.25, -0.2) is 0 Å². The van der Waals surface area contributed by atoms with E-state index in [4.69, 9.17) is 9.84 Å². The third kappa shape index (κ3) is 5.74. The maximum absolute atomic E-state index is 13.6. The standard InChI is InChI=1S/C29H34N2O6/c1-28(2,3)22-10-8-21(9-11-22)20-6-4-19(5-7-20)18-31-27(36)25(26(35)30-17-24(33)34)23(32)16-29(31)12-14-37-15-13-29/h4-11,25H,12-18H2,1-3H3,(H,30,35)(H,33,34). The van der Waals surface area contributed by atoms with Gasteiger partial charge in [-0.05, 0) is 40.5 Å². The molecule has 2 saturated heterocycles. The summed E-state index contributed by atoms with van der Waals surface area (Å²) in [7, 11) is 0. The van der Waals surface area contributed by atoms with Crippen molar-refractivity contribution in [2.45, 2.75) is 57.5 Å². The molecule has 1 unspecified atom stereocenters. The average Bonchev–Trinajstić information content (AvgIpc) is 2.86. The maximum Gasteiger partial charge on any atom is 0.322 e. The number of rotatable bonds is 6. The van der Waals surface area contributed by atoms with E-state index < -0.39 is 41.6 Å². The van der Waals surface area contributed by atoms with Crippen LogP contribution >= 0.6 is 0 Å². The van der Waals surface area contributed by atoms with Crippen LogP contribution in [0.2, 0.25) is 0 Å². The fourth-order valence-corrected chi connectivity index (χ4v) is 5.16. The smallest absolute Gasteiger partial charge is 0.322 e. The summed E-state index contributed by atoms with van der Waals surface area (Å²) < 4.78 is 5.51. The monoisotopic (exact) mass is 506 g/mol. The number of hydrogen-bond donors (Lipinski definition) is 2. The number of ketones is 1. The lowest BCUT2D eigenvalue weighted by Crippen LogP contribution is -2.64. The highest BCUT2D eigenvalue weighted by Crippen LogP contribution is 2.39. The van der Waals surface area contributed by atoms with Gasteiger partial charge in [0, 0.05) is 26.2 Å². The van der Waals surface area contributed by atoms with E-state index in [2.05, 4.69) is 50.4 Å². The number of nitrogens with zero attached hydrogens (tertiary/aromatic N) is 1. The van der Waals surface area contributed by atoms with Crippen LogP contribution in [0.25, 0.3) is 11.1 Å². The van der Waals surface area contributed by atoms with Gasteiger partial charge in [-0.2, -0.15) is 0 Å². The second kappa shape index (κ2) is 10.5. The number of carbonyl (C=O) groups is 4. The molecule has 2 fully saturated rings. The number of benzene rings is 2. The van der Waals surface area contributed by atoms with Crippen LogP contribution in [-0.2, 0) is 35.9 Å². The third-order valence-electron chi connectivity index (χ3n) is 7.39. The summed E-state index contributed by atoms with van der Waals surface area (Å²) >= 11 is 0. The molecule has 37 heavy (non-hydrogen) atoms. The molecular formula is C29H34N2O6. The summed E-state index contributed by atoms with van der Waals surface area (Å²) in [5.41, 5.74) is 3.65. The van der Waals surface area contributed by atoms with E-state index in [1.165, 1.54) is 5.56 Å². The van der Waals surface area contributed by atoms with Gasteiger partial charge in [0.2, 0.25) is 11.8 Å². The zero-order valence-corrected chi connectivity index (χ0v) is 21.6. The van der Waals surface area contributed by atoms with Crippen molar-refractivity contribution < 1.29 is 29.0 Å². The van der Waals surface area contributed by atoms with Crippen LogP contribution in [0.4, 0.5) is 0 Å². The van der Waals surface area contributed by atoms with Crippen molar-refractivity contribution in [3.8, 4) is 11.1 Å². The van der Waals surface area contributed by atoms with Crippen molar-refractivity contribution in [1.82, 2.24) is 10.2 Å². The number of likely N-dealkylation sites (tertiary alicyclic amines) is 1. The number of Topliss-reactive ketones (excluding diaryl/α,β-unsaturated/α-hetero) is 1. The first-order valence-corrected chi connectivity index (χ1v) is 12.6. The Morgan fingerprint density at radius 2 is 1.57 bits per heavy atom. The molecular weight excluding hydrogens is 472 g/mol. The Morgan fingerprint density at radius 3 is 2.11 bits per heavy atom. The molecule has 0 aliphatic carbocycles. The summed E-state index contributed by atoms with van der Waals surface area (Å²) in [5, 5.41) is 11.1. The molecule has 2 aromatic rings. The number of carboxylic acids is 1. The zero-order valence-electron chi connectivity index (χ0n) is 21.6. The largest absolute Gasteiger partial charge is 0.480 e. The number of aliphatic carboxylic acids is 1. The van der Waals surface area contributed by atoms with Gasteiger partial charge >= 0.3 is 5.97 Å². The zero-order chi connectivity index (χ0) is 26.8. The number of ether oxygens (including phenoxy) is 1. The molecule has 2 heterocycles. The second-order valence-electron chi connectivity index (χ2n) is 11.0. The molecule has 196 valence electrons. The Bertz CT molecular complexity index is 1170. The van der Waals surface area contributed by atoms with Crippen LogP contribution in [-0.4, -0.2) is 58.9 Å². The van der Waals surface area contributed by atoms with Gasteiger partial charge in [0.25, 0.3) is 0 Å². The van der Waals surface area contributed by atoms with Crippen molar-refractivity contribution in [2.24, 2.45) is 5.92 Å². The topological polar surface area (TPSA) is 113 Å². The third-order valence-corrected chi connectivity index (χ3v) is 7.39. The number of amides is 2. The van der Waals surface area contributed by atoms with Gasteiger partial charge in [-0.15, -0.1) is 0 Å². The number of nitrogens with one attached hydrogen (secondary N) is 1. The van der Waals surface area contributed by atoms with Gasteiger partial charge < -0.3 is 20.1 Å². The number of carbonyl (C=O) groups excluding carboxylic acids is 3. The molecule has 8 heteroatoms. The second-order valence-corrected chi connectivity index (χ2v) is 11.0. The van der Waals surface area contributed by atoms with E-state index in [1.807, 2.05) is 24.3 Å². The van der Waals surface area contributed by atoms with Crippen LogP contribution in [0, 0.1) is 5.92 Å². The summed E-state index contributed by atoms with van der Waals surface area (Å²) in [5.74, 6) is -4.69. The minimum absolute atomic E-state index is 0.0471. The molecule has 0 saturated carbocycles. The summed E-state index contributed by atoms with van der Waals surface area (Å²) in [6, 6.07) is 16.4. The summed E-state index contributed by atoms with van der Waals surface area (Å²) in [4.78, 5) is 51.6. The van der Waals surface area contributed by atoms with E-state index in [9.17, 15) is 19.2 Å². The summed E-state index contributed by atoms with van der Waals surface area (Å²) in [6.07, 6.45) is 1.06. The lowest BCUT2D eigenvalue weighted by Gasteiger charge is -2.50. The fraction of sp³-hybridized carbons (Fsp3) is 0.448. The van der Waals surface area contributed by atoms with Gasteiger partial charge in [-0.1, -0.05) is 69.3 Å². The quantitative estimate of drug-likeness (QED) is 0.581. The number of carboxylic acid groups (broad SMARTS) is 1. The minimum Gasteiger partial charge on any atom is -0.480 e. The lowest BCUT2D eigenvalue weighted by molar-refractivity contribution is -0.164. The molecule has 1 atom stereocenters. The molecule has 2 aromatic carbocycles. The molecule has 8 nitrogen and oxygen atoms in total. The van der Waals surface area contributed by atoms with E-state index in [1.54, 1.807) is 4.90 Å². The van der Waals surface area contributed by atoms with Crippen LogP contribution in [0.1, 0.15) is 51.2 Å². The van der Waals surface area contributed by atoms with Crippen molar-refractivity contribution in [2.75, 3.05) is 19.8 Å². The molecule has 2 N–H and O–H groups in total. The Labute approximate surface area is 217 Å². The summed E-state index contributed by atoms with van der Waals surface area (Å²) in [6.45, 7) is 6.99. The molecule has 0 bridgehead atoms. The Hall–Kier alpha value is -3.52. The Kier molecular flexibility index (Phi) is 7.50. The number of piperidine rings is 1. The minimum atomic E-state index is -1.53. The first-order valence-electron chi connectivity index (χ1n) is 12.6. The SMILES string of the molecule is CC(C)(C)c1ccc(-c2ccc(CN3C(=O)C(C(=O)NCC(=O)O)C(=O)CC34CCOCC4)cc2)cc1. The lowest BCUT2D eigenvalue weighted by atomic mass is 9.75. The highest BCUT2D eigenvalue weighted by Gasteiger charge is 2.53. The van der Waals surface area contributed by atoms with Crippen LogP contribution in [0.5, 0.6) is 0 Å². The van der Waals surface area contributed by atoms with Gasteiger partial charge in [0.15, 0.2) is 11.7 Å². The maximum atomic E-state index is 13.6. The first kappa shape index (κ1) is 26.5. The molecule has 2 aliphatic rings. The van der Waals surface area contributed by atoms with Gasteiger partial charge in [0.05, 0.1) is 5.54 Å². The van der Waals surface area contributed by atoms with E-state index >= 15 is 0 Å². The van der Waals surface area contributed by atoms with Crippen molar-refractivity contribution in [3.63, 3.8) is 0 Å². The Balaban J connectivity index is 1.56. The molecule has 0 radical (unpaired) electrons. The van der Waals surface area contributed by atoms with E-state index in [0.29, 0.717) is 26.1 Å². The van der Waals surface area contributed by atoms with Crippen molar-refractivity contribution in [3.05, 3.63) is 59.7 Å². The highest BCUT2D eigenvalue weighted by atomic mass is 16.5. The average molecular weight is 507 g/mol. The van der Waals surface area contributed by atoms with Crippen LogP contribution in [0.15, 0.2) is 48.5 Å². The van der Waals surface area contributed by atoms with Gasteiger partial charge in [0.1, 0.15) is 6.54 Å². The van der Waals surface area contributed by atoms with Crippen LogP contribution < -0.4 is 5.32 Å². The highest BCUT2D eigenvalue weighted by molar-refractivity contribution is 6.20. The molecule has 0 aromatic heterocycles. The molecule has 4 rings (SSSR count). The van der Waals surface area contributed by atoms with Crippen LogP contribution in [0.3, 0.4) is 0 Å². The van der Waals surface area contributed by atoms with E-state index in [0.717, 1.165) is 16.7 Å². The van der Waals surface area contributed by atoms with Gasteiger partial charge in [-0.3, -0.25) is 19.2 Å².